The second-order valence-corrected chi connectivity index (χ2v) is 7.03. The summed E-state index contributed by atoms with van der Waals surface area (Å²) in [5.74, 6) is 1.38. The summed E-state index contributed by atoms with van der Waals surface area (Å²) < 4.78 is 11.2. The van der Waals surface area contributed by atoms with Gasteiger partial charge in [-0.05, 0) is 49.3 Å². The topological polar surface area (TPSA) is 38.8 Å². The lowest BCUT2D eigenvalue weighted by Crippen LogP contribution is -2.50. The van der Waals surface area contributed by atoms with Crippen molar-refractivity contribution in [1.29, 1.82) is 0 Å². The maximum absolute atomic E-state index is 12.6. The summed E-state index contributed by atoms with van der Waals surface area (Å²) in [4.78, 5) is 14.6. The molecule has 0 aliphatic carbocycles. The Kier molecular flexibility index (Phi) is 4.90. The highest BCUT2D eigenvalue weighted by molar-refractivity contribution is 5.79. The van der Waals surface area contributed by atoms with E-state index in [1.54, 1.807) is 7.11 Å². The van der Waals surface area contributed by atoms with Gasteiger partial charge in [-0.2, -0.15) is 0 Å². The first-order valence-electron chi connectivity index (χ1n) is 8.65. The van der Waals surface area contributed by atoms with E-state index in [4.69, 9.17) is 9.47 Å². The number of nitrogens with zero attached hydrogens (tertiary/aromatic N) is 1. The van der Waals surface area contributed by atoms with Gasteiger partial charge in [-0.25, -0.2) is 0 Å². The molecule has 0 spiro atoms. The molecule has 0 N–H and O–H groups in total. The van der Waals surface area contributed by atoms with Crippen molar-refractivity contribution in [3.63, 3.8) is 0 Å². The van der Waals surface area contributed by atoms with E-state index in [-0.39, 0.29) is 12.5 Å². The van der Waals surface area contributed by atoms with Crippen molar-refractivity contribution in [1.82, 2.24) is 4.90 Å². The molecule has 2 saturated heterocycles. The summed E-state index contributed by atoms with van der Waals surface area (Å²) in [6.45, 7) is 4.46. The Bertz CT molecular complexity index is 526. The van der Waals surface area contributed by atoms with Gasteiger partial charge >= 0.3 is 0 Å². The van der Waals surface area contributed by atoms with Gasteiger partial charge in [0, 0.05) is 19.2 Å². The van der Waals surface area contributed by atoms with Crippen molar-refractivity contribution in [3.8, 4) is 5.75 Å². The number of carbonyl (C=O) groups is 1. The molecule has 2 fully saturated rings. The van der Waals surface area contributed by atoms with Crippen LogP contribution < -0.4 is 4.74 Å². The zero-order chi connectivity index (χ0) is 16.4. The van der Waals surface area contributed by atoms with Crippen LogP contribution in [0.3, 0.4) is 0 Å². The Balaban J connectivity index is 1.56. The van der Waals surface area contributed by atoms with E-state index in [1.165, 1.54) is 5.56 Å². The third-order valence-electron chi connectivity index (χ3n) is 5.22. The lowest BCUT2D eigenvalue weighted by Gasteiger charge is -2.38. The second-order valence-electron chi connectivity index (χ2n) is 7.03. The molecule has 4 nitrogen and oxygen atoms in total. The van der Waals surface area contributed by atoms with E-state index < -0.39 is 0 Å². The van der Waals surface area contributed by atoms with Crippen molar-refractivity contribution in [2.45, 2.75) is 63.6 Å². The van der Waals surface area contributed by atoms with E-state index in [9.17, 15) is 4.79 Å². The van der Waals surface area contributed by atoms with Gasteiger partial charge in [0.15, 0.2) is 6.61 Å². The average Bonchev–Trinajstić information content (AvgIpc) is 2.83. The Hall–Kier alpha value is -1.55. The maximum atomic E-state index is 12.6. The van der Waals surface area contributed by atoms with E-state index in [0.717, 1.165) is 31.4 Å². The summed E-state index contributed by atoms with van der Waals surface area (Å²) >= 11 is 0. The highest BCUT2D eigenvalue weighted by Gasteiger charge is 2.43. The van der Waals surface area contributed by atoms with Gasteiger partial charge in [0.05, 0.1) is 6.10 Å². The molecule has 2 aliphatic rings. The van der Waals surface area contributed by atoms with Crippen molar-refractivity contribution in [3.05, 3.63) is 29.8 Å². The van der Waals surface area contributed by atoms with Gasteiger partial charge in [0.1, 0.15) is 5.75 Å². The lowest BCUT2D eigenvalue weighted by atomic mass is 9.99. The molecule has 2 atom stereocenters. The van der Waals surface area contributed by atoms with Gasteiger partial charge in [0.25, 0.3) is 5.91 Å². The summed E-state index contributed by atoms with van der Waals surface area (Å²) in [6, 6.07) is 8.70. The van der Waals surface area contributed by atoms with Crippen LogP contribution in [0.25, 0.3) is 0 Å². The molecule has 0 saturated carbocycles. The van der Waals surface area contributed by atoms with Crippen LogP contribution in [-0.4, -0.2) is 42.7 Å². The van der Waals surface area contributed by atoms with Crippen LogP contribution in [0.1, 0.15) is 51.0 Å². The van der Waals surface area contributed by atoms with Gasteiger partial charge in [-0.1, -0.05) is 26.0 Å². The molecule has 3 rings (SSSR count). The fourth-order valence-corrected chi connectivity index (χ4v) is 3.90. The van der Waals surface area contributed by atoms with Gasteiger partial charge < -0.3 is 14.4 Å². The Morgan fingerprint density at radius 3 is 2.30 bits per heavy atom. The minimum Gasteiger partial charge on any atom is -0.484 e. The van der Waals surface area contributed by atoms with Crippen LogP contribution in [0.4, 0.5) is 0 Å². The third-order valence-corrected chi connectivity index (χ3v) is 5.22. The zero-order valence-electron chi connectivity index (χ0n) is 14.3. The fourth-order valence-electron chi connectivity index (χ4n) is 3.90. The average molecular weight is 317 g/mol. The molecule has 23 heavy (non-hydrogen) atoms. The Labute approximate surface area is 138 Å². The predicted octanol–water partition coefficient (Wildman–Crippen LogP) is 3.36. The largest absolute Gasteiger partial charge is 0.484 e. The van der Waals surface area contributed by atoms with Crippen LogP contribution in [0.2, 0.25) is 0 Å². The molecular weight excluding hydrogens is 290 g/mol. The van der Waals surface area contributed by atoms with E-state index in [1.807, 2.05) is 12.1 Å². The van der Waals surface area contributed by atoms with Crippen LogP contribution in [0, 0.1) is 0 Å². The number of fused-ring (bicyclic) bond motifs is 2. The number of ether oxygens (including phenoxy) is 2. The normalized spacial score (nSPS) is 26.6. The van der Waals surface area contributed by atoms with Crippen LogP contribution in [0.5, 0.6) is 5.75 Å². The summed E-state index contributed by atoms with van der Waals surface area (Å²) in [6.07, 6.45) is 4.42. The third kappa shape index (κ3) is 3.52. The molecule has 0 radical (unpaired) electrons. The van der Waals surface area contributed by atoms with Crippen LogP contribution in [0.15, 0.2) is 24.3 Å². The molecule has 126 valence electrons. The standard InChI is InChI=1S/C19H27NO3/c1-13(2)14-4-8-17(9-5-14)23-12-19(21)20-15-6-7-16(20)11-18(10-15)22-3/h4-5,8-9,13,15-16,18H,6-7,10-12H2,1-3H3. The molecule has 2 aliphatic heterocycles. The van der Waals surface area contributed by atoms with Gasteiger partial charge in [-0.15, -0.1) is 0 Å². The van der Waals surface area contributed by atoms with Gasteiger partial charge in [0.2, 0.25) is 0 Å². The predicted molar refractivity (Wildman–Crippen MR) is 89.7 cm³/mol. The van der Waals surface area contributed by atoms with E-state index in [2.05, 4.69) is 30.9 Å². The highest BCUT2D eigenvalue weighted by Crippen LogP contribution is 2.36. The van der Waals surface area contributed by atoms with E-state index in [0.29, 0.717) is 24.1 Å². The number of benzene rings is 1. The Morgan fingerprint density at radius 2 is 1.78 bits per heavy atom. The maximum Gasteiger partial charge on any atom is 0.261 e. The summed E-state index contributed by atoms with van der Waals surface area (Å²) in [7, 11) is 1.77. The molecule has 1 amide bonds. The first-order chi connectivity index (χ1) is 11.1. The number of piperidine rings is 1. The van der Waals surface area contributed by atoms with Crippen molar-refractivity contribution < 1.29 is 14.3 Å². The number of rotatable bonds is 5. The molecule has 2 unspecified atom stereocenters. The quantitative estimate of drug-likeness (QED) is 0.836. The molecular formula is C19H27NO3. The first-order valence-corrected chi connectivity index (χ1v) is 8.65. The zero-order valence-corrected chi connectivity index (χ0v) is 14.3. The highest BCUT2D eigenvalue weighted by atomic mass is 16.5. The SMILES string of the molecule is COC1CC2CCC(C1)N2C(=O)COc1ccc(C(C)C)cc1. The monoisotopic (exact) mass is 317 g/mol. The summed E-state index contributed by atoms with van der Waals surface area (Å²) in [5.41, 5.74) is 1.28. The van der Waals surface area contributed by atoms with Gasteiger partial charge in [-0.3, -0.25) is 4.79 Å². The first kappa shape index (κ1) is 16.3. The van der Waals surface area contributed by atoms with Crippen LogP contribution >= 0.6 is 0 Å². The molecule has 2 bridgehead atoms. The molecule has 4 heteroatoms. The number of methoxy groups -OCH3 is 1. The van der Waals surface area contributed by atoms with Crippen molar-refractivity contribution in [2.24, 2.45) is 0 Å². The van der Waals surface area contributed by atoms with Crippen molar-refractivity contribution >= 4 is 5.91 Å². The molecule has 0 aromatic heterocycles. The number of carbonyl (C=O) groups excluding carboxylic acids is 1. The lowest BCUT2D eigenvalue weighted by molar-refractivity contribution is -0.140. The molecule has 1 aromatic rings. The number of hydrogen-bond donors (Lipinski definition) is 0. The molecule has 1 aromatic carbocycles. The Morgan fingerprint density at radius 1 is 1.17 bits per heavy atom. The minimum absolute atomic E-state index is 0.111. The number of hydrogen-bond acceptors (Lipinski definition) is 3. The second kappa shape index (κ2) is 6.91. The van der Waals surface area contributed by atoms with Crippen LogP contribution in [-0.2, 0) is 9.53 Å². The fraction of sp³-hybridized carbons (Fsp3) is 0.632. The van der Waals surface area contributed by atoms with Crippen molar-refractivity contribution in [2.75, 3.05) is 13.7 Å². The number of amides is 1. The smallest absolute Gasteiger partial charge is 0.261 e. The summed E-state index contributed by atoms with van der Waals surface area (Å²) in [5, 5.41) is 0. The molecule has 2 heterocycles. The minimum atomic E-state index is 0.111. The van der Waals surface area contributed by atoms with E-state index >= 15 is 0 Å².